The van der Waals surface area contributed by atoms with Crippen LogP contribution in [-0.2, 0) is 12.7 Å². The van der Waals surface area contributed by atoms with E-state index in [2.05, 4.69) is 33.8 Å². The van der Waals surface area contributed by atoms with Crippen molar-refractivity contribution in [3.63, 3.8) is 0 Å². The Labute approximate surface area is 173 Å². The van der Waals surface area contributed by atoms with E-state index in [0.29, 0.717) is 11.9 Å². The van der Waals surface area contributed by atoms with Gasteiger partial charge in [0, 0.05) is 61.6 Å². The third kappa shape index (κ3) is 5.10. The van der Waals surface area contributed by atoms with Crippen LogP contribution in [0.25, 0.3) is 0 Å². The van der Waals surface area contributed by atoms with E-state index < -0.39 is 11.9 Å². The fourth-order valence-electron chi connectivity index (χ4n) is 4.31. The van der Waals surface area contributed by atoms with Crippen molar-refractivity contribution in [1.82, 2.24) is 14.8 Å². The van der Waals surface area contributed by atoms with Crippen LogP contribution < -0.4 is 4.90 Å². The first kappa shape index (κ1) is 20.6. The van der Waals surface area contributed by atoms with Gasteiger partial charge in [-0.25, -0.2) is 4.98 Å². The third-order valence-electron chi connectivity index (χ3n) is 5.91. The molecule has 4 heterocycles. The van der Waals surface area contributed by atoms with Crippen molar-refractivity contribution in [2.24, 2.45) is 0 Å². The van der Waals surface area contributed by atoms with Crippen molar-refractivity contribution in [1.29, 1.82) is 0 Å². The largest absolute Gasteiger partial charge is 0.433 e. The van der Waals surface area contributed by atoms with Crippen LogP contribution in [0.5, 0.6) is 0 Å². The molecule has 0 aromatic carbocycles. The number of pyridine rings is 1. The fraction of sp³-hybridized carbons (Fsp3) is 0.571. The number of piperazine rings is 1. The lowest BCUT2D eigenvalue weighted by Crippen LogP contribution is -2.53. The molecule has 0 N–H and O–H groups in total. The Morgan fingerprint density at radius 3 is 2.34 bits per heavy atom. The van der Waals surface area contributed by atoms with Gasteiger partial charge in [0.15, 0.2) is 0 Å². The first-order valence-corrected chi connectivity index (χ1v) is 11.0. The minimum atomic E-state index is -4.40. The molecule has 0 amide bonds. The number of thiophene rings is 1. The molecule has 0 bridgehead atoms. The standard InChI is InChI=1S/C21H27F3N4S/c1-16-5-6-18(29-16)15-26-9-7-17(8-10-26)27-11-13-28(14-12-27)20-4-2-3-19(25-20)21(22,23)24/h2-6,17H,7-15H2,1H3. The Kier molecular flexibility index (Phi) is 6.13. The molecule has 2 fully saturated rings. The number of piperidine rings is 1. The van der Waals surface area contributed by atoms with E-state index in [0.717, 1.165) is 64.7 Å². The zero-order valence-electron chi connectivity index (χ0n) is 16.7. The van der Waals surface area contributed by atoms with Gasteiger partial charge in [-0.15, -0.1) is 11.3 Å². The normalized spacial score (nSPS) is 20.3. The van der Waals surface area contributed by atoms with Gasteiger partial charge in [0.05, 0.1) is 0 Å². The molecular weight excluding hydrogens is 397 g/mol. The molecule has 0 aliphatic carbocycles. The van der Waals surface area contributed by atoms with Crippen LogP contribution in [0.15, 0.2) is 30.3 Å². The van der Waals surface area contributed by atoms with Crippen LogP contribution in [0.3, 0.4) is 0 Å². The monoisotopic (exact) mass is 424 g/mol. The average Bonchev–Trinajstić information content (AvgIpc) is 3.13. The predicted molar refractivity (Wildman–Crippen MR) is 110 cm³/mol. The highest BCUT2D eigenvalue weighted by molar-refractivity contribution is 7.11. The Morgan fingerprint density at radius 2 is 1.72 bits per heavy atom. The summed E-state index contributed by atoms with van der Waals surface area (Å²) < 4.78 is 38.8. The maximum atomic E-state index is 12.9. The summed E-state index contributed by atoms with van der Waals surface area (Å²) in [5.74, 6) is 0.431. The molecule has 0 spiro atoms. The molecule has 8 heteroatoms. The summed E-state index contributed by atoms with van der Waals surface area (Å²) in [6, 6.07) is 9.15. The Hall–Kier alpha value is -1.64. The number of aryl methyl sites for hydroxylation is 1. The summed E-state index contributed by atoms with van der Waals surface area (Å²) in [6.07, 6.45) is -2.08. The summed E-state index contributed by atoms with van der Waals surface area (Å²) >= 11 is 1.88. The van der Waals surface area contributed by atoms with Crippen LogP contribution in [0, 0.1) is 6.92 Å². The van der Waals surface area contributed by atoms with Crippen LogP contribution in [0.2, 0.25) is 0 Å². The highest BCUT2D eigenvalue weighted by Crippen LogP contribution is 2.29. The van der Waals surface area contributed by atoms with Crippen molar-refractivity contribution < 1.29 is 13.2 Å². The number of hydrogen-bond donors (Lipinski definition) is 0. The lowest BCUT2D eigenvalue weighted by Gasteiger charge is -2.43. The van der Waals surface area contributed by atoms with E-state index in [1.165, 1.54) is 15.8 Å². The summed E-state index contributed by atoms with van der Waals surface area (Å²) in [7, 11) is 0. The number of rotatable bonds is 4. The van der Waals surface area contributed by atoms with Crippen LogP contribution in [0.4, 0.5) is 19.0 Å². The molecule has 2 aliphatic rings. The minimum Gasteiger partial charge on any atom is -0.354 e. The van der Waals surface area contributed by atoms with Crippen molar-refractivity contribution in [3.8, 4) is 0 Å². The van der Waals surface area contributed by atoms with E-state index in [4.69, 9.17) is 0 Å². The van der Waals surface area contributed by atoms with E-state index in [1.807, 2.05) is 16.2 Å². The number of hydrogen-bond acceptors (Lipinski definition) is 5. The lowest BCUT2D eigenvalue weighted by molar-refractivity contribution is -0.141. The third-order valence-corrected chi connectivity index (χ3v) is 6.90. The first-order valence-electron chi connectivity index (χ1n) is 10.2. The molecule has 0 radical (unpaired) electrons. The van der Waals surface area contributed by atoms with E-state index in [9.17, 15) is 13.2 Å². The summed E-state index contributed by atoms with van der Waals surface area (Å²) in [4.78, 5) is 13.6. The van der Waals surface area contributed by atoms with Gasteiger partial charge in [0.25, 0.3) is 0 Å². The number of likely N-dealkylation sites (tertiary alicyclic amines) is 1. The first-order chi connectivity index (χ1) is 13.9. The van der Waals surface area contributed by atoms with Gasteiger partial charge >= 0.3 is 6.18 Å². The summed E-state index contributed by atoms with van der Waals surface area (Å²) in [6.45, 7) is 8.62. The van der Waals surface area contributed by atoms with Gasteiger partial charge in [-0.2, -0.15) is 13.2 Å². The van der Waals surface area contributed by atoms with Crippen LogP contribution >= 0.6 is 11.3 Å². The number of aromatic nitrogens is 1. The second kappa shape index (κ2) is 8.62. The number of anilines is 1. The zero-order chi connectivity index (χ0) is 20.4. The van der Waals surface area contributed by atoms with Gasteiger partial charge in [0.1, 0.15) is 11.5 Å². The Morgan fingerprint density at radius 1 is 1.00 bits per heavy atom. The highest BCUT2D eigenvalue weighted by Gasteiger charge is 2.33. The quantitative estimate of drug-likeness (QED) is 0.732. The maximum Gasteiger partial charge on any atom is 0.433 e. The molecule has 2 saturated heterocycles. The van der Waals surface area contributed by atoms with Crippen molar-refractivity contribution >= 4 is 17.2 Å². The van der Waals surface area contributed by atoms with Gasteiger partial charge in [-0.1, -0.05) is 6.07 Å². The molecule has 29 heavy (non-hydrogen) atoms. The van der Waals surface area contributed by atoms with E-state index >= 15 is 0 Å². The van der Waals surface area contributed by atoms with Gasteiger partial charge in [0.2, 0.25) is 0 Å². The zero-order valence-corrected chi connectivity index (χ0v) is 17.5. The molecule has 4 rings (SSSR count). The molecule has 2 aliphatic heterocycles. The van der Waals surface area contributed by atoms with Crippen molar-refractivity contribution in [3.05, 3.63) is 45.8 Å². The molecule has 2 aromatic rings. The molecule has 0 saturated carbocycles. The second-order valence-electron chi connectivity index (χ2n) is 7.92. The van der Waals surface area contributed by atoms with Gasteiger partial charge < -0.3 is 4.90 Å². The molecule has 2 aromatic heterocycles. The van der Waals surface area contributed by atoms with Crippen LogP contribution in [-0.4, -0.2) is 60.1 Å². The summed E-state index contributed by atoms with van der Waals surface area (Å²) in [5, 5.41) is 0. The number of alkyl halides is 3. The summed E-state index contributed by atoms with van der Waals surface area (Å²) in [5.41, 5.74) is -0.814. The van der Waals surface area contributed by atoms with Crippen molar-refractivity contribution in [2.75, 3.05) is 44.2 Å². The highest BCUT2D eigenvalue weighted by atomic mass is 32.1. The topological polar surface area (TPSA) is 22.6 Å². The fourth-order valence-corrected chi connectivity index (χ4v) is 5.24. The van der Waals surface area contributed by atoms with E-state index in [1.54, 1.807) is 6.07 Å². The molecule has 158 valence electrons. The molecular formula is C21H27F3N4S. The lowest BCUT2D eigenvalue weighted by atomic mass is 10.0. The van der Waals surface area contributed by atoms with Crippen LogP contribution in [0.1, 0.15) is 28.3 Å². The minimum absolute atomic E-state index is 0.431. The molecule has 0 unspecified atom stereocenters. The number of halogens is 3. The SMILES string of the molecule is Cc1ccc(CN2CCC(N3CCN(c4cccc(C(F)(F)F)n4)CC3)CC2)s1. The Balaban J connectivity index is 1.26. The predicted octanol–water partition coefficient (Wildman–Crippen LogP) is 4.26. The Bertz CT molecular complexity index is 806. The van der Waals surface area contributed by atoms with Gasteiger partial charge in [-0.05, 0) is 44.0 Å². The second-order valence-corrected chi connectivity index (χ2v) is 9.29. The van der Waals surface area contributed by atoms with Gasteiger partial charge in [-0.3, -0.25) is 9.80 Å². The smallest absolute Gasteiger partial charge is 0.354 e. The van der Waals surface area contributed by atoms with Crippen molar-refractivity contribution in [2.45, 2.75) is 38.5 Å². The van der Waals surface area contributed by atoms with E-state index in [-0.39, 0.29) is 0 Å². The molecule has 0 atom stereocenters. The average molecular weight is 425 g/mol. The number of nitrogens with zero attached hydrogens (tertiary/aromatic N) is 4. The molecule has 4 nitrogen and oxygen atoms in total. The maximum absolute atomic E-state index is 12.9.